The third kappa shape index (κ3) is 1.63. The molecule has 4 aliphatic carbocycles. The van der Waals surface area contributed by atoms with Gasteiger partial charge in [-0.15, -0.1) is 0 Å². The highest BCUT2D eigenvalue weighted by molar-refractivity contribution is 6.08. The minimum Gasteiger partial charge on any atom is -0.337 e. The predicted molar refractivity (Wildman–Crippen MR) is 95.5 cm³/mol. The number of nitrogens with zero attached hydrogens (tertiary/aromatic N) is 1. The van der Waals surface area contributed by atoms with Crippen LogP contribution in [0.2, 0.25) is 0 Å². The van der Waals surface area contributed by atoms with E-state index in [9.17, 15) is 0 Å². The molecule has 0 saturated heterocycles. The quantitative estimate of drug-likeness (QED) is 0.536. The van der Waals surface area contributed by atoms with Gasteiger partial charge < -0.3 is 4.57 Å². The molecule has 4 bridgehead atoms. The van der Waals surface area contributed by atoms with Gasteiger partial charge in [-0.05, 0) is 67.9 Å². The topological polar surface area (TPSA) is 4.93 Å². The van der Waals surface area contributed by atoms with Crippen LogP contribution in [-0.4, -0.2) is 4.57 Å². The molecule has 1 aromatic heterocycles. The fourth-order valence-electron chi connectivity index (χ4n) is 6.59. The van der Waals surface area contributed by atoms with Crippen LogP contribution in [0, 0.1) is 23.7 Å². The number of fused-ring (bicyclic) bond motifs is 3. The molecule has 1 nitrogen and oxygen atoms in total. The fraction of sp³-hybridized carbons (Fsp3) is 0.455. The molecule has 3 aromatic rings. The molecule has 0 N–H and O–H groups in total. The maximum Gasteiger partial charge on any atom is 0.0494 e. The molecule has 116 valence electrons. The summed E-state index contributed by atoms with van der Waals surface area (Å²) in [6.45, 7) is 0. The summed E-state index contributed by atoms with van der Waals surface area (Å²) in [5, 5.41) is 2.88. The van der Waals surface area contributed by atoms with Crippen molar-refractivity contribution < 1.29 is 0 Å². The Morgan fingerprint density at radius 2 is 1.09 bits per heavy atom. The third-order valence-electron chi connectivity index (χ3n) is 7.09. The molecule has 0 amide bonds. The van der Waals surface area contributed by atoms with E-state index in [0.29, 0.717) is 0 Å². The molecule has 2 aromatic carbocycles. The summed E-state index contributed by atoms with van der Waals surface area (Å²) in [7, 11) is 0. The van der Waals surface area contributed by atoms with Gasteiger partial charge in [0.1, 0.15) is 0 Å². The van der Waals surface area contributed by atoms with E-state index in [1.54, 1.807) is 0 Å². The molecule has 23 heavy (non-hydrogen) atoms. The predicted octanol–water partition coefficient (Wildman–Crippen LogP) is 5.79. The largest absolute Gasteiger partial charge is 0.337 e. The smallest absolute Gasteiger partial charge is 0.0494 e. The van der Waals surface area contributed by atoms with Gasteiger partial charge in [0.05, 0.1) is 0 Å². The third-order valence-corrected chi connectivity index (χ3v) is 7.09. The van der Waals surface area contributed by atoms with E-state index in [1.807, 2.05) is 0 Å². The highest BCUT2D eigenvalue weighted by Gasteiger charge is 2.49. The molecule has 4 fully saturated rings. The Labute approximate surface area is 137 Å². The number of aromatic nitrogens is 1. The van der Waals surface area contributed by atoms with Crippen LogP contribution in [-0.2, 0) is 0 Å². The number of rotatable bonds is 1. The van der Waals surface area contributed by atoms with Crippen molar-refractivity contribution >= 4 is 21.8 Å². The van der Waals surface area contributed by atoms with Gasteiger partial charge in [0.2, 0.25) is 0 Å². The number of para-hydroxylation sites is 2. The summed E-state index contributed by atoms with van der Waals surface area (Å²) < 4.78 is 2.75. The first-order valence-corrected chi connectivity index (χ1v) is 9.36. The standard InChI is InChI=1S/C22H23N/c1-3-7-20-18(5-1)19-6-2-4-8-21(19)23(20)22-16-10-14-9-15(12-16)13-17(22)11-14/h1-8,14-17,22H,9-13H2. The van der Waals surface area contributed by atoms with Crippen LogP contribution in [0.3, 0.4) is 0 Å². The molecule has 0 radical (unpaired) electrons. The molecule has 0 spiro atoms. The second-order valence-corrected chi connectivity index (χ2v) is 8.33. The maximum atomic E-state index is 2.75. The Hall–Kier alpha value is -1.76. The van der Waals surface area contributed by atoms with E-state index in [2.05, 4.69) is 53.1 Å². The van der Waals surface area contributed by atoms with Crippen molar-refractivity contribution in [2.24, 2.45) is 23.7 Å². The molecule has 4 aliphatic rings. The summed E-state index contributed by atoms with van der Waals surface area (Å²) in [5.74, 6) is 3.93. The van der Waals surface area contributed by atoms with Crippen LogP contribution in [0.4, 0.5) is 0 Å². The zero-order valence-electron chi connectivity index (χ0n) is 13.5. The van der Waals surface area contributed by atoms with Crippen LogP contribution >= 0.6 is 0 Å². The number of hydrogen-bond acceptors (Lipinski definition) is 0. The Bertz CT molecular complexity index is 821. The van der Waals surface area contributed by atoms with Crippen molar-refractivity contribution in [2.45, 2.75) is 38.1 Å². The Kier molecular flexibility index (Phi) is 2.42. The Balaban J connectivity index is 1.63. The van der Waals surface area contributed by atoms with Gasteiger partial charge in [-0.1, -0.05) is 36.4 Å². The van der Waals surface area contributed by atoms with E-state index >= 15 is 0 Å². The molecule has 0 aliphatic heterocycles. The lowest BCUT2D eigenvalue weighted by Gasteiger charge is -2.55. The lowest BCUT2D eigenvalue weighted by atomic mass is 9.54. The van der Waals surface area contributed by atoms with Crippen molar-refractivity contribution in [3.8, 4) is 0 Å². The summed E-state index contributed by atoms with van der Waals surface area (Å²) in [4.78, 5) is 0. The van der Waals surface area contributed by atoms with E-state index in [-0.39, 0.29) is 0 Å². The van der Waals surface area contributed by atoms with E-state index in [4.69, 9.17) is 0 Å². The normalized spacial score (nSPS) is 35.4. The van der Waals surface area contributed by atoms with Gasteiger partial charge in [-0.25, -0.2) is 0 Å². The summed E-state index contributed by atoms with van der Waals surface area (Å²) in [6.07, 6.45) is 7.47. The average Bonchev–Trinajstić information content (AvgIpc) is 2.89. The summed E-state index contributed by atoms with van der Waals surface area (Å²) in [5.41, 5.74) is 2.93. The molecule has 1 heteroatoms. The molecule has 0 unspecified atom stereocenters. The van der Waals surface area contributed by atoms with Crippen LogP contribution in [0.25, 0.3) is 21.8 Å². The monoisotopic (exact) mass is 301 g/mol. The van der Waals surface area contributed by atoms with Gasteiger partial charge in [-0.2, -0.15) is 0 Å². The molecule has 0 atom stereocenters. The number of benzene rings is 2. The average molecular weight is 301 g/mol. The second kappa shape index (κ2) is 4.41. The van der Waals surface area contributed by atoms with Crippen molar-refractivity contribution in [1.29, 1.82) is 0 Å². The summed E-state index contributed by atoms with van der Waals surface area (Å²) in [6, 6.07) is 18.9. The lowest BCUT2D eigenvalue weighted by molar-refractivity contribution is -0.0260. The Morgan fingerprint density at radius 3 is 1.61 bits per heavy atom. The van der Waals surface area contributed by atoms with Gasteiger partial charge in [-0.3, -0.25) is 0 Å². The molecule has 1 heterocycles. The highest BCUT2D eigenvalue weighted by atomic mass is 15.0. The first-order chi connectivity index (χ1) is 11.4. The minimum absolute atomic E-state index is 0.743. The van der Waals surface area contributed by atoms with Crippen LogP contribution in [0.15, 0.2) is 48.5 Å². The number of hydrogen-bond donors (Lipinski definition) is 0. The van der Waals surface area contributed by atoms with Crippen LogP contribution in [0.1, 0.15) is 38.1 Å². The molecule has 4 saturated carbocycles. The lowest BCUT2D eigenvalue weighted by Crippen LogP contribution is -2.45. The van der Waals surface area contributed by atoms with Crippen molar-refractivity contribution in [2.75, 3.05) is 0 Å². The Morgan fingerprint density at radius 1 is 0.609 bits per heavy atom. The van der Waals surface area contributed by atoms with E-state index in [1.165, 1.54) is 53.9 Å². The fourth-order valence-corrected chi connectivity index (χ4v) is 6.59. The van der Waals surface area contributed by atoms with Gasteiger partial charge >= 0.3 is 0 Å². The molecular formula is C22H23N. The highest BCUT2D eigenvalue weighted by Crippen LogP contribution is 2.59. The first kappa shape index (κ1) is 12.6. The van der Waals surface area contributed by atoms with Crippen molar-refractivity contribution in [3.63, 3.8) is 0 Å². The summed E-state index contributed by atoms with van der Waals surface area (Å²) >= 11 is 0. The zero-order valence-corrected chi connectivity index (χ0v) is 13.5. The van der Waals surface area contributed by atoms with Gasteiger partial charge in [0.15, 0.2) is 0 Å². The van der Waals surface area contributed by atoms with Gasteiger partial charge in [0.25, 0.3) is 0 Å². The second-order valence-electron chi connectivity index (χ2n) is 8.33. The van der Waals surface area contributed by atoms with E-state index < -0.39 is 0 Å². The van der Waals surface area contributed by atoms with E-state index in [0.717, 1.165) is 29.7 Å². The zero-order chi connectivity index (χ0) is 15.0. The van der Waals surface area contributed by atoms with Crippen LogP contribution < -0.4 is 0 Å². The van der Waals surface area contributed by atoms with Crippen molar-refractivity contribution in [1.82, 2.24) is 4.57 Å². The first-order valence-electron chi connectivity index (χ1n) is 9.36. The van der Waals surface area contributed by atoms with Crippen LogP contribution in [0.5, 0.6) is 0 Å². The van der Waals surface area contributed by atoms with Crippen molar-refractivity contribution in [3.05, 3.63) is 48.5 Å². The van der Waals surface area contributed by atoms with Gasteiger partial charge in [0, 0.05) is 27.8 Å². The maximum absolute atomic E-state index is 2.75. The molecular weight excluding hydrogens is 278 g/mol. The SMILES string of the molecule is c1ccc2c(c1)c1ccccc1n2C1C2CC3CC(C2)CC1C3. The molecule has 7 rings (SSSR count). The minimum atomic E-state index is 0.743.